The van der Waals surface area contributed by atoms with Gasteiger partial charge in [0.05, 0.1) is 23.8 Å². The van der Waals surface area contributed by atoms with Crippen molar-refractivity contribution in [2.45, 2.75) is 13.0 Å². The number of amides is 1. The second-order valence-electron chi connectivity index (χ2n) is 4.72. The highest BCUT2D eigenvalue weighted by atomic mass is 35.5. The Kier molecular flexibility index (Phi) is 5.03. The Labute approximate surface area is 127 Å². The Bertz CT molecular complexity index is 544. The van der Waals surface area contributed by atoms with E-state index in [1.165, 1.54) is 19.1 Å². The minimum atomic E-state index is -0.881. The van der Waals surface area contributed by atoms with Crippen LogP contribution in [0.25, 0.3) is 0 Å². The summed E-state index contributed by atoms with van der Waals surface area (Å²) in [6.45, 7) is 3.52. The van der Waals surface area contributed by atoms with Crippen LogP contribution >= 0.6 is 11.6 Å². The van der Waals surface area contributed by atoms with E-state index >= 15 is 0 Å². The summed E-state index contributed by atoms with van der Waals surface area (Å²) in [5, 5.41) is 0.236. The maximum Gasteiger partial charge on any atom is 0.340 e. The highest BCUT2D eigenvalue weighted by Crippen LogP contribution is 2.20. The number of carbonyl (C=O) groups is 2. The zero-order chi connectivity index (χ0) is 15.4. The third-order valence-corrected chi connectivity index (χ3v) is 3.49. The molecule has 0 saturated carbocycles. The number of ether oxygens (including phenoxy) is 2. The average molecular weight is 313 g/mol. The van der Waals surface area contributed by atoms with Crippen molar-refractivity contribution >= 4 is 29.2 Å². The number of carbonyl (C=O) groups excluding carboxylic acids is 2. The normalized spacial score (nSPS) is 16.4. The highest BCUT2D eigenvalue weighted by molar-refractivity contribution is 6.33. The van der Waals surface area contributed by atoms with Gasteiger partial charge in [-0.3, -0.25) is 4.79 Å². The van der Waals surface area contributed by atoms with E-state index < -0.39 is 12.1 Å². The van der Waals surface area contributed by atoms with Gasteiger partial charge in [-0.2, -0.15) is 0 Å². The van der Waals surface area contributed by atoms with Crippen LogP contribution in [0, 0.1) is 0 Å². The molecule has 1 atom stereocenters. The highest BCUT2D eigenvalue weighted by Gasteiger charge is 2.26. The second-order valence-corrected chi connectivity index (χ2v) is 5.13. The molecule has 0 aliphatic carbocycles. The number of hydrogen-bond acceptors (Lipinski definition) is 5. The van der Waals surface area contributed by atoms with Crippen LogP contribution in [0.5, 0.6) is 0 Å². The molecule has 21 heavy (non-hydrogen) atoms. The van der Waals surface area contributed by atoms with Crippen LogP contribution in [0.3, 0.4) is 0 Å². The van der Waals surface area contributed by atoms with Gasteiger partial charge in [0.15, 0.2) is 6.10 Å². The molecular weight excluding hydrogens is 296 g/mol. The minimum Gasteiger partial charge on any atom is -0.449 e. The zero-order valence-electron chi connectivity index (χ0n) is 11.7. The van der Waals surface area contributed by atoms with Gasteiger partial charge < -0.3 is 20.1 Å². The Balaban J connectivity index is 2.01. The van der Waals surface area contributed by atoms with E-state index in [0.717, 1.165) is 0 Å². The van der Waals surface area contributed by atoms with Gasteiger partial charge >= 0.3 is 5.97 Å². The number of anilines is 1. The summed E-state index contributed by atoms with van der Waals surface area (Å²) in [6.07, 6.45) is -0.881. The van der Waals surface area contributed by atoms with Crippen molar-refractivity contribution in [3.05, 3.63) is 28.8 Å². The lowest BCUT2D eigenvalue weighted by Crippen LogP contribution is -2.46. The van der Waals surface area contributed by atoms with Gasteiger partial charge in [0.25, 0.3) is 5.91 Å². The SMILES string of the molecule is CC(OC(=O)c1cc(N)ccc1Cl)C(=O)N1CCOCC1. The number of halogens is 1. The smallest absolute Gasteiger partial charge is 0.340 e. The van der Waals surface area contributed by atoms with Gasteiger partial charge in [-0.1, -0.05) is 11.6 Å². The lowest BCUT2D eigenvalue weighted by Gasteiger charge is -2.29. The summed E-state index contributed by atoms with van der Waals surface area (Å²) >= 11 is 5.93. The van der Waals surface area contributed by atoms with Gasteiger partial charge in [-0.15, -0.1) is 0 Å². The van der Waals surface area contributed by atoms with Crippen LogP contribution in [-0.4, -0.2) is 49.2 Å². The minimum absolute atomic E-state index is 0.151. The van der Waals surface area contributed by atoms with Gasteiger partial charge in [0.1, 0.15) is 0 Å². The number of esters is 1. The molecule has 1 fully saturated rings. The quantitative estimate of drug-likeness (QED) is 0.672. The predicted molar refractivity (Wildman–Crippen MR) is 78.1 cm³/mol. The van der Waals surface area contributed by atoms with Crippen molar-refractivity contribution in [3.63, 3.8) is 0 Å². The molecule has 1 aromatic rings. The number of nitrogens with zero attached hydrogens (tertiary/aromatic N) is 1. The standard InChI is InChI=1S/C14H17ClN2O4/c1-9(13(18)17-4-6-20-7-5-17)21-14(19)11-8-10(16)2-3-12(11)15/h2-3,8-9H,4-7,16H2,1H3. The lowest BCUT2D eigenvalue weighted by molar-refractivity contribution is -0.143. The average Bonchev–Trinajstić information content (AvgIpc) is 2.49. The predicted octanol–water partition coefficient (Wildman–Crippen LogP) is 1.33. The largest absolute Gasteiger partial charge is 0.449 e. The molecule has 2 N–H and O–H groups in total. The maximum atomic E-state index is 12.2. The molecular formula is C14H17ClN2O4. The van der Waals surface area contributed by atoms with Crippen molar-refractivity contribution in [2.75, 3.05) is 32.0 Å². The van der Waals surface area contributed by atoms with E-state index in [1.807, 2.05) is 0 Å². The van der Waals surface area contributed by atoms with Gasteiger partial charge in [0, 0.05) is 18.8 Å². The Hall–Kier alpha value is -1.79. The van der Waals surface area contributed by atoms with E-state index in [-0.39, 0.29) is 16.5 Å². The molecule has 0 radical (unpaired) electrons. The summed E-state index contributed by atoms with van der Waals surface area (Å²) in [7, 11) is 0. The molecule has 1 aliphatic heterocycles. The third kappa shape index (κ3) is 3.86. The molecule has 0 bridgehead atoms. The molecule has 0 spiro atoms. The van der Waals surface area contributed by atoms with Crippen LogP contribution in [0.1, 0.15) is 17.3 Å². The Morgan fingerprint density at radius 1 is 1.38 bits per heavy atom. The van der Waals surface area contributed by atoms with Gasteiger partial charge in [0.2, 0.25) is 0 Å². The van der Waals surface area contributed by atoms with E-state index in [0.29, 0.717) is 32.0 Å². The molecule has 1 aromatic carbocycles. The molecule has 7 heteroatoms. The molecule has 1 heterocycles. The molecule has 1 amide bonds. The fraction of sp³-hybridized carbons (Fsp3) is 0.429. The molecule has 1 saturated heterocycles. The maximum absolute atomic E-state index is 12.2. The van der Waals surface area contributed by atoms with Crippen molar-refractivity contribution in [1.29, 1.82) is 0 Å². The molecule has 114 valence electrons. The first-order valence-corrected chi connectivity index (χ1v) is 6.99. The van der Waals surface area contributed by atoms with E-state index in [4.69, 9.17) is 26.8 Å². The summed E-state index contributed by atoms with van der Waals surface area (Å²) in [5.41, 5.74) is 6.17. The molecule has 1 aliphatic rings. The van der Waals surface area contributed by atoms with Crippen molar-refractivity contribution in [1.82, 2.24) is 4.90 Å². The first kappa shape index (κ1) is 15.6. The van der Waals surface area contributed by atoms with Crippen LogP contribution < -0.4 is 5.73 Å². The fourth-order valence-electron chi connectivity index (χ4n) is 2.01. The fourth-order valence-corrected chi connectivity index (χ4v) is 2.21. The Morgan fingerprint density at radius 2 is 2.05 bits per heavy atom. The number of rotatable bonds is 3. The molecule has 6 nitrogen and oxygen atoms in total. The summed E-state index contributed by atoms with van der Waals surface area (Å²) in [5.74, 6) is -0.909. The third-order valence-electron chi connectivity index (χ3n) is 3.16. The van der Waals surface area contributed by atoms with Gasteiger partial charge in [-0.05, 0) is 25.1 Å². The number of benzene rings is 1. The number of nitrogen functional groups attached to an aromatic ring is 1. The van der Waals surface area contributed by atoms with E-state index in [9.17, 15) is 9.59 Å². The monoisotopic (exact) mass is 312 g/mol. The summed E-state index contributed by atoms with van der Waals surface area (Å²) in [6, 6.07) is 4.53. The van der Waals surface area contributed by atoms with Crippen LogP contribution in [0.15, 0.2) is 18.2 Å². The summed E-state index contributed by atoms with van der Waals surface area (Å²) in [4.78, 5) is 25.8. The van der Waals surface area contributed by atoms with Crippen LogP contribution in [0.4, 0.5) is 5.69 Å². The molecule has 0 aromatic heterocycles. The van der Waals surface area contributed by atoms with Crippen molar-refractivity contribution in [3.8, 4) is 0 Å². The summed E-state index contributed by atoms with van der Waals surface area (Å²) < 4.78 is 10.4. The molecule has 1 unspecified atom stereocenters. The number of morpholine rings is 1. The van der Waals surface area contributed by atoms with Crippen molar-refractivity contribution in [2.24, 2.45) is 0 Å². The van der Waals surface area contributed by atoms with Gasteiger partial charge in [-0.25, -0.2) is 4.79 Å². The second kappa shape index (κ2) is 6.78. The molecule has 2 rings (SSSR count). The van der Waals surface area contributed by atoms with Crippen LogP contribution in [-0.2, 0) is 14.3 Å². The van der Waals surface area contributed by atoms with Crippen LogP contribution in [0.2, 0.25) is 5.02 Å². The number of hydrogen-bond donors (Lipinski definition) is 1. The van der Waals surface area contributed by atoms with Crippen molar-refractivity contribution < 1.29 is 19.1 Å². The number of nitrogens with two attached hydrogens (primary N) is 1. The van der Waals surface area contributed by atoms with E-state index in [1.54, 1.807) is 11.0 Å². The lowest BCUT2D eigenvalue weighted by atomic mass is 10.2. The Morgan fingerprint density at radius 3 is 2.71 bits per heavy atom. The topological polar surface area (TPSA) is 81.9 Å². The first-order valence-electron chi connectivity index (χ1n) is 6.61. The van der Waals surface area contributed by atoms with E-state index in [2.05, 4.69) is 0 Å². The zero-order valence-corrected chi connectivity index (χ0v) is 12.4. The first-order chi connectivity index (χ1) is 9.99.